The zero-order valence-electron chi connectivity index (χ0n) is 7.76. The van der Waals surface area contributed by atoms with Crippen molar-refractivity contribution in [2.24, 2.45) is 0 Å². The fourth-order valence-electron chi connectivity index (χ4n) is 1.66. The monoisotopic (exact) mass is 283 g/mol. The normalized spacial score (nSPS) is 13.9. The first-order valence-electron chi connectivity index (χ1n) is 4.34. The molecule has 0 radical (unpaired) electrons. The molecule has 1 heterocycles. The minimum Gasteiger partial charge on any atom is -0.323 e. The number of hydrogen-bond donors (Lipinski definition) is 0. The number of benzene rings is 1. The van der Waals surface area contributed by atoms with Crippen LogP contribution in [0, 0.1) is 12.3 Å². The van der Waals surface area contributed by atoms with Gasteiger partial charge in [0.25, 0.3) is 5.91 Å². The Morgan fingerprint density at radius 3 is 3.00 bits per heavy atom. The summed E-state index contributed by atoms with van der Waals surface area (Å²) in [5.41, 5.74) is 1.50. The van der Waals surface area contributed by atoms with Gasteiger partial charge in [-0.15, -0.1) is 6.42 Å². The Hall–Kier alpha value is -0.980. The molecular formula is C11H7BrClNO. The summed E-state index contributed by atoms with van der Waals surface area (Å²) in [7, 11) is 0. The molecule has 0 saturated carbocycles. The molecule has 0 fully saturated rings. The summed E-state index contributed by atoms with van der Waals surface area (Å²) < 4.78 is 0.876. The quantitative estimate of drug-likeness (QED) is 0.726. The van der Waals surface area contributed by atoms with E-state index in [1.165, 1.54) is 0 Å². The van der Waals surface area contributed by atoms with E-state index < -0.39 is 0 Å². The molecular weight excluding hydrogens is 277 g/mol. The fraction of sp³-hybridized carbons (Fsp3) is 0.182. The molecule has 15 heavy (non-hydrogen) atoms. The predicted octanol–water partition coefficient (Wildman–Crippen LogP) is 2.69. The molecule has 0 aliphatic carbocycles. The van der Waals surface area contributed by atoms with Gasteiger partial charge in [-0.2, -0.15) is 0 Å². The smallest absolute Gasteiger partial charge is 0.256 e. The topological polar surface area (TPSA) is 20.3 Å². The minimum atomic E-state index is -0.0829. The molecule has 0 N–H and O–H groups in total. The van der Waals surface area contributed by atoms with E-state index in [1.807, 2.05) is 6.07 Å². The summed E-state index contributed by atoms with van der Waals surface area (Å²) in [5.74, 6) is 2.38. The van der Waals surface area contributed by atoms with Crippen LogP contribution in [0.3, 0.4) is 0 Å². The Labute approximate surface area is 101 Å². The summed E-state index contributed by atoms with van der Waals surface area (Å²) in [6.45, 7) is 0.860. The highest BCUT2D eigenvalue weighted by molar-refractivity contribution is 9.10. The Kier molecular flexibility index (Phi) is 2.72. The molecule has 1 amide bonds. The lowest BCUT2D eigenvalue weighted by atomic mass is 10.1. The van der Waals surface area contributed by atoms with E-state index in [1.54, 1.807) is 11.0 Å². The summed E-state index contributed by atoms with van der Waals surface area (Å²) in [4.78, 5) is 13.4. The Balaban J connectivity index is 2.46. The highest BCUT2D eigenvalue weighted by Gasteiger charge is 2.29. The Morgan fingerprint density at radius 1 is 1.60 bits per heavy atom. The molecule has 1 aliphatic rings. The SMILES string of the molecule is C#CCN1Cc2cc(Br)cc(Cl)c2C1=O. The van der Waals surface area contributed by atoms with Crippen molar-refractivity contribution in [1.82, 2.24) is 4.90 Å². The second-order valence-corrected chi connectivity index (χ2v) is 4.61. The van der Waals surface area contributed by atoms with Crippen LogP contribution in [-0.4, -0.2) is 17.4 Å². The van der Waals surface area contributed by atoms with Gasteiger partial charge in [0.2, 0.25) is 0 Å². The third-order valence-electron chi connectivity index (χ3n) is 2.28. The second kappa shape index (κ2) is 3.88. The molecule has 1 aliphatic heterocycles. The molecule has 4 heteroatoms. The van der Waals surface area contributed by atoms with Crippen molar-refractivity contribution in [3.63, 3.8) is 0 Å². The standard InChI is InChI=1S/C11H7BrClNO/c1-2-3-14-6-7-4-8(12)5-9(13)10(7)11(14)15/h1,4-5H,3,6H2. The second-order valence-electron chi connectivity index (χ2n) is 3.29. The largest absolute Gasteiger partial charge is 0.323 e. The first-order chi connectivity index (χ1) is 7.13. The Bertz CT molecular complexity index is 478. The van der Waals surface area contributed by atoms with Crippen molar-refractivity contribution >= 4 is 33.4 Å². The van der Waals surface area contributed by atoms with Crippen LogP contribution in [0.25, 0.3) is 0 Å². The predicted molar refractivity (Wildman–Crippen MR) is 62.7 cm³/mol. The van der Waals surface area contributed by atoms with Gasteiger partial charge in [0.1, 0.15) is 0 Å². The molecule has 76 valence electrons. The van der Waals surface area contributed by atoms with Gasteiger partial charge >= 0.3 is 0 Å². The van der Waals surface area contributed by atoms with E-state index in [2.05, 4.69) is 21.9 Å². The van der Waals surface area contributed by atoms with E-state index in [9.17, 15) is 4.79 Å². The third-order valence-corrected chi connectivity index (χ3v) is 3.04. The molecule has 0 bridgehead atoms. The van der Waals surface area contributed by atoms with E-state index in [0.29, 0.717) is 23.7 Å². The van der Waals surface area contributed by atoms with Crippen LogP contribution in [0.4, 0.5) is 0 Å². The summed E-state index contributed by atoms with van der Waals surface area (Å²) in [6.07, 6.45) is 5.19. The van der Waals surface area contributed by atoms with Crippen LogP contribution in [0.1, 0.15) is 15.9 Å². The van der Waals surface area contributed by atoms with Crippen molar-refractivity contribution in [2.45, 2.75) is 6.54 Å². The maximum absolute atomic E-state index is 11.8. The van der Waals surface area contributed by atoms with Gasteiger partial charge in [-0.25, -0.2) is 0 Å². The van der Waals surface area contributed by atoms with Crippen LogP contribution in [0.5, 0.6) is 0 Å². The van der Waals surface area contributed by atoms with Crippen molar-refractivity contribution in [3.8, 4) is 12.3 Å². The summed E-state index contributed by atoms with van der Waals surface area (Å²) >= 11 is 9.35. The lowest BCUT2D eigenvalue weighted by Gasteiger charge is -2.10. The van der Waals surface area contributed by atoms with Gasteiger partial charge in [-0.1, -0.05) is 33.5 Å². The number of nitrogens with zero attached hydrogens (tertiary/aromatic N) is 1. The number of amides is 1. The number of carbonyl (C=O) groups is 1. The van der Waals surface area contributed by atoms with Gasteiger partial charge in [0.15, 0.2) is 0 Å². The fourth-order valence-corrected chi connectivity index (χ4v) is 2.62. The van der Waals surface area contributed by atoms with E-state index in [-0.39, 0.29) is 5.91 Å². The Morgan fingerprint density at radius 2 is 2.33 bits per heavy atom. The molecule has 1 aromatic carbocycles. The van der Waals surface area contributed by atoms with E-state index in [0.717, 1.165) is 10.0 Å². The number of fused-ring (bicyclic) bond motifs is 1. The van der Waals surface area contributed by atoms with Gasteiger partial charge in [-0.3, -0.25) is 4.79 Å². The first-order valence-corrected chi connectivity index (χ1v) is 5.51. The number of halogens is 2. The van der Waals surface area contributed by atoms with Crippen LogP contribution >= 0.6 is 27.5 Å². The molecule has 0 spiro atoms. The van der Waals surface area contributed by atoms with Crippen LogP contribution in [0.15, 0.2) is 16.6 Å². The van der Waals surface area contributed by atoms with Gasteiger partial charge in [0, 0.05) is 11.0 Å². The number of hydrogen-bond acceptors (Lipinski definition) is 1. The van der Waals surface area contributed by atoms with Crippen molar-refractivity contribution in [2.75, 3.05) is 6.54 Å². The minimum absolute atomic E-state index is 0.0829. The van der Waals surface area contributed by atoms with Crippen molar-refractivity contribution in [1.29, 1.82) is 0 Å². The van der Waals surface area contributed by atoms with Crippen molar-refractivity contribution < 1.29 is 4.79 Å². The molecule has 2 rings (SSSR count). The molecule has 0 aromatic heterocycles. The molecule has 2 nitrogen and oxygen atoms in total. The zero-order valence-corrected chi connectivity index (χ0v) is 10.1. The average Bonchev–Trinajstić information content (AvgIpc) is 2.43. The van der Waals surface area contributed by atoms with E-state index in [4.69, 9.17) is 18.0 Å². The highest BCUT2D eigenvalue weighted by Crippen LogP contribution is 2.32. The van der Waals surface area contributed by atoms with E-state index >= 15 is 0 Å². The summed E-state index contributed by atoms with van der Waals surface area (Å²) in [6, 6.07) is 3.62. The third kappa shape index (κ3) is 1.75. The van der Waals surface area contributed by atoms with Crippen LogP contribution in [0.2, 0.25) is 5.02 Å². The number of rotatable bonds is 1. The van der Waals surface area contributed by atoms with Gasteiger partial charge < -0.3 is 4.90 Å². The van der Waals surface area contributed by atoms with Crippen LogP contribution in [-0.2, 0) is 6.54 Å². The number of terminal acetylenes is 1. The molecule has 0 saturated heterocycles. The van der Waals surface area contributed by atoms with Gasteiger partial charge in [0.05, 0.1) is 17.1 Å². The lowest BCUT2D eigenvalue weighted by molar-refractivity contribution is 0.0799. The maximum atomic E-state index is 11.8. The van der Waals surface area contributed by atoms with Gasteiger partial charge in [-0.05, 0) is 17.7 Å². The van der Waals surface area contributed by atoms with Crippen LogP contribution < -0.4 is 0 Å². The first kappa shape index (κ1) is 10.5. The maximum Gasteiger partial charge on any atom is 0.256 e. The molecule has 0 unspecified atom stereocenters. The number of carbonyl (C=O) groups excluding carboxylic acids is 1. The lowest BCUT2D eigenvalue weighted by Crippen LogP contribution is -2.24. The molecule has 0 atom stereocenters. The molecule has 1 aromatic rings. The highest BCUT2D eigenvalue weighted by atomic mass is 79.9. The zero-order chi connectivity index (χ0) is 11.0. The van der Waals surface area contributed by atoms with Crippen molar-refractivity contribution in [3.05, 3.63) is 32.8 Å². The summed E-state index contributed by atoms with van der Waals surface area (Å²) in [5, 5.41) is 0.476. The average molecular weight is 285 g/mol.